The third kappa shape index (κ3) is 3.20. The molecule has 7 nitrogen and oxygen atoms in total. The SMILES string of the molecule is COc1cccc(-c2cnc(Nc3ccc(-n4ccnc4)nc3)o2)c1. The van der Waals surface area contributed by atoms with Crippen LogP contribution in [0.25, 0.3) is 17.1 Å². The minimum absolute atomic E-state index is 0.398. The first-order valence-corrected chi connectivity index (χ1v) is 7.63. The highest BCUT2D eigenvalue weighted by molar-refractivity contribution is 5.61. The average molecular weight is 333 g/mol. The van der Waals surface area contributed by atoms with Gasteiger partial charge >= 0.3 is 0 Å². The second-order valence-electron chi connectivity index (χ2n) is 5.26. The standard InChI is InChI=1S/C18H15N5O2/c1-24-15-4-2-3-13(9-15)16-11-21-18(25-16)22-14-5-6-17(20-10-14)23-8-7-19-12-23/h2-12H,1H3,(H,21,22). The molecule has 7 heteroatoms. The molecule has 0 radical (unpaired) electrons. The van der Waals surface area contributed by atoms with Gasteiger partial charge in [0, 0.05) is 18.0 Å². The number of rotatable bonds is 5. The molecule has 124 valence electrons. The minimum Gasteiger partial charge on any atom is -0.497 e. The molecule has 0 saturated heterocycles. The number of anilines is 2. The Bertz CT molecular complexity index is 961. The summed E-state index contributed by atoms with van der Waals surface area (Å²) in [6.45, 7) is 0. The zero-order valence-electron chi connectivity index (χ0n) is 13.5. The molecule has 0 spiro atoms. The van der Waals surface area contributed by atoms with E-state index >= 15 is 0 Å². The molecule has 0 atom stereocenters. The normalized spacial score (nSPS) is 10.6. The molecule has 0 aliphatic heterocycles. The van der Waals surface area contributed by atoms with Crippen molar-refractivity contribution in [2.24, 2.45) is 0 Å². The van der Waals surface area contributed by atoms with Crippen molar-refractivity contribution >= 4 is 11.7 Å². The Morgan fingerprint density at radius 3 is 2.84 bits per heavy atom. The topological polar surface area (TPSA) is 78.0 Å². The molecule has 1 N–H and O–H groups in total. The van der Waals surface area contributed by atoms with Gasteiger partial charge in [0.25, 0.3) is 6.01 Å². The van der Waals surface area contributed by atoms with E-state index in [1.54, 1.807) is 32.0 Å². The van der Waals surface area contributed by atoms with E-state index in [-0.39, 0.29) is 0 Å². The van der Waals surface area contributed by atoms with Gasteiger partial charge < -0.3 is 14.5 Å². The number of ether oxygens (including phenoxy) is 1. The largest absolute Gasteiger partial charge is 0.497 e. The summed E-state index contributed by atoms with van der Waals surface area (Å²) in [4.78, 5) is 12.6. The van der Waals surface area contributed by atoms with E-state index in [1.165, 1.54) is 0 Å². The zero-order chi connectivity index (χ0) is 17.1. The van der Waals surface area contributed by atoms with Crippen LogP contribution in [0.3, 0.4) is 0 Å². The van der Waals surface area contributed by atoms with Crippen LogP contribution in [-0.4, -0.2) is 26.6 Å². The molecule has 25 heavy (non-hydrogen) atoms. The molecule has 0 aliphatic rings. The fourth-order valence-electron chi connectivity index (χ4n) is 2.37. The van der Waals surface area contributed by atoms with Crippen molar-refractivity contribution in [2.45, 2.75) is 0 Å². The molecular formula is C18H15N5O2. The summed E-state index contributed by atoms with van der Waals surface area (Å²) in [7, 11) is 1.63. The number of pyridine rings is 1. The number of benzene rings is 1. The molecule has 0 fully saturated rings. The number of aromatic nitrogens is 4. The molecule has 0 unspecified atom stereocenters. The summed E-state index contributed by atoms with van der Waals surface area (Å²) < 4.78 is 12.8. The number of hydrogen-bond acceptors (Lipinski definition) is 6. The second kappa shape index (κ2) is 6.48. The van der Waals surface area contributed by atoms with E-state index in [1.807, 2.05) is 47.2 Å². The van der Waals surface area contributed by atoms with Crippen LogP contribution in [0.4, 0.5) is 11.7 Å². The number of imidazole rings is 1. The van der Waals surface area contributed by atoms with E-state index in [9.17, 15) is 0 Å². The van der Waals surface area contributed by atoms with Gasteiger partial charge in [-0.05, 0) is 24.3 Å². The quantitative estimate of drug-likeness (QED) is 0.600. The van der Waals surface area contributed by atoms with Crippen LogP contribution in [0.1, 0.15) is 0 Å². The average Bonchev–Trinajstić information content (AvgIpc) is 3.34. The predicted molar refractivity (Wildman–Crippen MR) is 93.1 cm³/mol. The monoisotopic (exact) mass is 333 g/mol. The third-order valence-electron chi connectivity index (χ3n) is 3.63. The van der Waals surface area contributed by atoms with Crippen LogP contribution in [0.2, 0.25) is 0 Å². The number of nitrogens with zero attached hydrogens (tertiary/aromatic N) is 4. The van der Waals surface area contributed by atoms with Gasteiger partial charge in [-0.25, -0.2) is 15.0 Å². The molecule has 0 aliphatic carbocycles. The molecule has 0 amide bonds. The van der Waals surface area contributed by atoms with Crippen LogP contribution in [0, 0.1) is 0 Å². The van der Waals surface area contributed by atoms with E-state index in [0.29, 0.717) is 11.8 Å². The summed E-state index contributed by atoms with van der Waals surface area (Å²) in [5.41, 5.74) is 1.68. The first kappa shape index (κ1) is 14.9. The molecule has 4 aromatic rings. The van der Waals surface area contributed by atoms with Crippen LogP contribution < -0.4 is 10.1 Å². The highest BCUT2D eigenvalue weighted by Crippen LogP contribution is 2.27. The highest BCUT2D eigenvalue weighted by atomic mass is 16.5. The van der Waals surface area contributed by atoms with Gasteiger partial charge in [0.15, 0.2) is 5.76 Å². The number of hydrogen-bond donors (Lipinski definition) is 1. The Labute approximate surface area is 144 Å². The van der Waals surface area contributed by atoms with Gasteiger partial charge in [0.1, 0.15) is 17.9 Å². The van der Waals surface area contributed by atoms with Gasteiger partial charge in [0.2, 0.25) is 0 Å². The van der Waals surface area contributed by atoms with Crippen LogP contribution in [0.5, 0.6) is 5.75 Å². The van der Waals surface area contributed by atoms with Gasteiger partial charge in [-0.15, -0.1) is 0 Å². The maximum absolute atomic E-state index is 5.75. The van der Waals surface area contributed by atoms with Crippen molar-refractivity contribution in [2.75, 3.05) is 12.4 Å². The van der Waals surface area contributed by atoms with Crippen molar-refractivity contribution in [1.29, 1.82) is 0 Å². The van der Waals surface area contributed by atoms with Crippen molar-refractivity contribution in [3.63, 3.8) is 0 Å². The maximum atomic E-state index is 5.75. The first-order valence-electron chi connectivity index (χ1n) is 7.63. The van der Waals surface area contributed by atoms with Crippen LogP contribution in [0.15, 0.2) is 71.9 Å². The van der Waals surface area contributed by atoms with E-state index in [2.05, 4.69) is 20.3 Å². The van der Waals surface area contributed by atoms with Gasteiger partial charge in [0.05, 0.1) is 25.2 Å². The van der Waals surface area contributed by atoms with Gasteiger partial charge in [-0.1, -0.05) is 12.1 Å². The number of oxazole rings is 1. The predicted octanol–water partition coefficient (Wildman–Crippen LogP) is 3.67. The Kier molecular flexibility index (Phi) is 3.88. The number of methoxy groups -OCH3 is 1. The van der Waals surface area contributed by atoms with E-state index in [0.717, 1.165) is 22.8 Å². The number of nitrogens with one attached hydrogen (secondary N) is 1. The van der Waals surface area contributed by atoms with Crippen molar-refractivity contribution < 1.29 is 9.15 Å². The molecular weight excluding hydrogens is 318 g/mol. The minimum atomic E-state index is 0.398. The Morgan fingerprint density at radius 2 is 2.08 bits per heavy atom. The molecule has 0 bridgehead atoms. The van der Waals surface area contributed by atoms with Gasteiger partial charge in [-0.3, -0.25) is 4.57 Å². The fraction of sp³-hybridized carbons (Fsp3) is 0.0556. The Hall–Kier alpha value is -3.61. The molecule has 3 aromatic heterocycles. The Balaban J connectivity index is 1.51. The lowest BCUT2D eigenvalue weighted by Crippen LogP contribution is -1.96. The summed E-state index contributed by atoms with van der Waals surface area (Å²) in [6, 6.07) is 11.8. The van der Waals surface area contributed by atoms with Crippen molar-refractivity contribution in [3.8, 4) is 22.9 Å². The van der Waals surface area contributed by atoms with Crippen molar-refractivity contribution in [3.05, 3.63) is 67.5 Å². The van der Waals surface area contributed by atoms with Crippen LogP contribution in [-0.2, 0) is 0 Å². The highest BCUT2D eigenvalue weighted by Gasteiger charge is 2.08. The zero-order valence-corrected chi connectivity index (χ0v) is 13.5. The summed E-state index contributed by atoms with van der Waals surface area (Å²) in [6.07, 6.45) is 8.63. The lowest BCUT2D eigenvalue weighted by atomic mass is 10.2. The first-order chi connectivity index (χ1) is 12.3. The lowest BCUT2D eigenvalue weighted by Gasteiger charge is -2.04. The third-order valence-corrected chi connectivity index (χ3v) is 3.63. The summed E-state index contributed by atoms with van der Waals surface area (Å²) >= 11 is 0. The van der Waals surface area contributed by atoms with E-state index in [4.69, 9.17) is 9.15 Å². The molecule has 3 heterocycles. The Morgan fingerprint density at radius 1 is 1.12 bits per heavy atom. The summed E-state index contributed by atoms with van der Waals surface area (Å²) in [5, 5.41) is 3.10. The second-order valence-corrected chi connectivity index (χ2v) is 5.26. The fourth-order valence-corrected chi connectivity index (χ4v) is 2.37. The molecule has 4 rings (SSSR count). The maximum Gasteiger partial charge on any atom is 0.299 e. The lowest BCUT2D eigenvalue weighted by molar-refractivity contribution is 0.415. The molecule has 1 aromatic carbocycles. The van der Waals surface area contributed by atoms with Gasteiger partial charge in [-0.2, -0.15) is 0 Å². The molecule has 0 saturated carbocycles. The van der Waals surface area contributed by atoms with Crippen molar-refractivity contribution in [1.82, 2.24) is 19.5 Å². The van der Waals surface area contributed by atoms with E-state index < -0.39 is 0 Å². The van der Waals surface area contributed by atoms with Crippen LogP contribution >= 0.6 is 0 Å². The summed E-state index contributed by atoms with van der Waals surface area (Å²) in [5.74, 6) is 2.21. The smallest absolute Gasteiger partial charge is 0.299 e.